The van der Waals surface area contributed by atoms with E-state index in [2.05, 4.69) is 0 Å². The van der Waals surface area contributed by atoms with Crippen molar-refractivity contribution in [2.75, 3.05) is 30.6 Å². The van der Waals surface area contributed by atoms with Gasteiger partial charge in [-0.1, -0.05) is 18.2 Å². The molecule has 5 rings (SSSR count). The van der Waals surface area contributed by atoms with Gasteiger partial charge in [-0.15, -0.1) is 0 Å². The van der Waals surface area contributed by atoms with Crippen molar-refractivity contribution in [3.05, 3.63) is 54.1 Å². The molecule has 0 unspecified atom stereocenters. The predicted octanol–water partition coefficient (Wildman–Crippen LogP) is 2.59. The molecule has 192 valence electrons. The number of aliphatic hydroxyl groups is 1. The molecule has 0 saturated carbocycles. The normalized spacial score (nSPS) is 31.1. The van der Waals surface area contributed by atoms with Gasteiger partial charge in [0.15, 0.2) is 5.79 Å². The van der Waals surface area contributed by atoms with Gasteiger partial charge in [0.2, 0.25) is 11.2 Å². The number of β-lactam (4-membered cyclic amide) rings is 1. The minimum atomic E-state index is -2.26. The zero-order chi connectivity index (χ0) is 26.0. The molecule has 1 N–H and O–H groups in total. The highest BCUT2D eigenvalue weighted by Crippen LogP contribution is 2.57. The molecule has 2 saturated heterocycles. The van der Waals surface area contributed by atoms with Crippen molar-refractivity contribution in [1.29, 1.82) is 0 Å². The Balaban J connectivity index is 1.70. The molecule has 2 amide bonds. The molecule has 0 aromatic heterocycles. The lowest BCUT2D eigenvalue weighted by atomic mass is 9.64. The van der Waals surface area contributed by atoms with Gasteiger partial charge in [-0.05, 0) is 58.0 Å². The summed E-state index contributed by atoms with van der Waals surface area (Å²) in [5.41, 5.74) is -2.66. The lowest BCUT2D eigenvalue weighted by Gasteiger charge is -2.59. The first-order chi connectivity index (χ1) is 17.0. The highest BCUT2D eigenvalue weighted by molar-refractivity contribution is 6.18. The number of likely N-dealkylation sites (N-methyl/N-ethyl adjacent to an activating group) is 1. The number of para-hydroxylation sites is 1. The minimum absolute atomic E-state index is 0.128. The number of carbonyl (C=O) groups excluding carboxylic acids is 2. The molecule has 3 heterocycles. The molecule has 0 radical (unpaired) electrons. The second-order valence-corrected chi connectivity index (χ2v) is 10.2. The van der Waals surface area contributed by atoms with Gasteiger partial charge in [0.25, 0.3) is 11.8 Å². The topological polar surface area (TPSA) is 97.8 Å². The third-order valence-electron chi connectivity index (χ3n) is 7.18. The maximum atomic E-state index is 14.1. The van der Waals surface area contributed by atoms with E-state index in [0.717, 1.165) is 0 Å². The summed E-state index contributed by atoms with van der Waals surface area (Å²) in [5, 5.41) is 12.5. The number of fused-ring (bicyclic) bond motifs is 1. The van der Waals surface area contributed by atoms with Crippen LogP contribution in [0.15, 0.2) is 48.5 Å². The van der Waals surface area contributed by atoms with E-state index in [9.17, 15) is 14.7 Å². The fraction of sp³-hybridized carbons (Fsp3) is 0.481. The summed E-state index contributed by atoms with van der Waals surface area (Å²) < 4.78 is 23.6. The molecule has 0 aliphatic carbocycles. The van der Waals surface area contributed by atoms with Crippen LogP contribution in [-0.2, 0) is 29.4 Å². The number of benzene rings is 2. The van der Waals surface area contributed by atoms with E-state index in [1.807, 2.05) is 0 Å². The molecule has 3 aliphatic rings. The minimum Gasteiger partial charge on any atom is -0.497 e. The first-order valence-corrected chi connectivity index (χ1v) is 12.1. The predicted molar refractivity (Wildman–Crippen MR) is 132 cm³/mol. The molecule has 2 aromatic rings. The van der Waals surface area contributed by atoms with Gasteiger partial charge < -0.3 is 33.9 Å². The van der Waals surface area contributed by atoms with E-state index >= 15 is 0 Å². The third kappa shape index (κ3) is 3.23. The summed E-state index contributed by atoms with van der Waals surface area (Å²) in [6, 6.07) is 13.0. The molecule has 2 fully saturated rings. The van der Waals surface area contributed by atoms with Gasteiger partial charge in [-0.3, -0.25) is 9.59 Å². The molecule has 36 heavy (non-hydrogen) atoms. The largest absolute Gasteiger partial charge is 0.497 e. The molecule has 0 bridgehead atoms. The van der Waals surface area contributed by atoms with E-state index in [1.54, 1.807) is 90.4 Å². The summed E-state index contributed by atoms with van der Waals surface area (Å²) in [7, 11) is 3.18. The van der Waals surface area contributed by atoms with Crippen molar-refractivity contribution in [1.82, 2.24) is 0 Å². The Morgan fingerprint density at radius 3 is 2.31 bits per heavy atom. The molecule has 9 nitrogen and oxygen atoms in total. The fourth-order valence-corrected chi connectivity index (χ4v) is 5.69. The van der Waals surface area contributed by atoms with Crippen LogP contribution < -0.4 is 14.5 Å². The summed E-state index contributed by atoms with van der Waals surface area (Å²) in [4.78, 5) is 31.0. The monoisotopic (exact) mass is 496 g/mol. The maximum Gasteiger partial charge on any atom is 0.267 e. The number of hydrogen-bond acceptors (Lipinski definition) is 7. The molecular weight excluding hydrogens is 464 g/mol. The number of hydrogen-bond donors (Lipinski definition) is 1. The van der Waals surface area contributed by atoms with Gasteiger partial charge >= 0.3 is 0 Å². The van der Waals surface area contributed by atoms with Crippen LogP contribution in [0.1, 0.15) is 33.3 Å². The van der Waals surface area contributed by atoms with E-state index in [-0.39, 0.29) is 6.61 Å². The number of rotatable bonds is 6. The Kier molecular flexibility index (Phi) is 5.68. The van der Waals surface area contributed by atoms with Gasteiger partial charge in [0.05, 0.1) is 25.5 Å². The summed E-state index contributed by atoms with van der Waals surface area (Å²) in [6.45, 7) is 7.22. The van der Waals surface area contributed by atoms with Gasteiger partial charge in [-0.2, -0.15) is 0 Å². The molecule has 2 aromatic carbocycles. The molecule has 9 heteroatoms. The lowest BCUT2D eigenvalue weighted by molar-refractivity contribution is -0.236. The van der Waals surface area contributed by atoms with E-state index in [1.165, 1.54) is 9.80 Å². The van der Waals surface area contributed by atoms with Gasteiger partial charge in [0.1, 0.15) is 17.9 Å². The van der Waals surface area contributed by atoms with E-state index < -0.39 is 47.1 Å². The van der Waals surface area contributed by atoms with Crippen LogP contribution >= 0.6 is 0 Å². The number of carbonyl (C=O) groups is 2. The second kappa shape index (κ2) is 8.27. The fourth-order valence-electron chi connectivity index (χ4n) is 5.69. The van der Waals surface area contributed by atoms with Crippen molar-refractivity contribution >= 4 is 23.2 Å². The quantitative estimate of drug-likeness (QED) is 0.614. The van der Waals surface area contributed by atoms with Crippen molar-refractivity contribution in [3.8, 4) is 5.75 Å². The summed E-state index contributed by atoms with van der Waals surface area (Å²) in [6.07, 6.45) is -1.19. The molecule has 3 aliphatic heterocycles. The molecular formula is C27H32N2O7. The molecule has 0 spiro atoms. The van der Waals surface area contributed by atoms with Crippen LogP contribution in [-0.4, -0.2) is 67.3 Å². The first-order valence-electron chi connectivity index (χ1n) is 12.1. The van der Waals surface area contributed by atoms with Crippen molar-refractivity contribution < 1.29 is 33.6 Å². The Labute approximate surface area is 210 Å². The smallest absolute Gasteiger partial charge is 0.267 e. The summed E-state index contributed by atoms with van der Waals surface area (Å²) >= 11 is 0. The second-order valence-electron chi connectivity index (χ2n) is 10.2. The van der Waals surface area contributed by atoms with Gasteiger partial charge in [0, 0.05) is 18.3 Å². The van der Waals surface area contributed by atoms with Gasteiger partial charge in [-0.25, -0.2) is 0 Å². The Bertz CT molecular complexity index is 1200. The number of nitrogens with zero attached hydrogens (tertiary/aromatic N) is 2. The number of ether oxygens (including phenoxy) is 4. The molecule has 4 atom stereocenters. The van der Waals surface area contributed by atoms with Crippen molar-refractivity contribution in [2.45, 2.75) is 62.9 Å². The van der Waals surface area contributed by atoms with E-state index in [0.29, 0.717) is 22.7 Å². The van der Waals surface area contributed by atoms with E-state index in [4.69, 9.17) is 18.9 Å². The Morgan fingerprint density at radius 2 is 1.72 bits per heavy atom. The number of amides is 2. The zero-order valence-corrected chi connectivity index (χ0v) is 21.3. The number of methoxy groups -OCH3 is 1. The lowest BCUT2D eigenvalue weighted by Crippen LogP contribution is -2.86. The van der Waals surface area contributed by atoms with Crippen LogP contribution in [0.5, 0.6) is 5.75 Å². The zero-order valence-electron chi connectivity index (χ0n) is 21.3. The summed E-state index contributed by atoms with van der Waals surface area (Å²) in [5.74, 6) is -1.45. The average Bonchev–Trinajstić information content (AvgIpc) is 3.31. The van der Waals surface area contributed by atoms with Crippen LogP contribution in [0.2, 0.25) is 0 Å². The first kappa shape index (κ1) is 24.7. The SMILES string of the molecule is COc1ccc(N2C(=O)[C@@](O)([C@@]3(OC(C)C)C(=O)N(C)c4ccccc43)[C@@H]2[C@H]2COC(C)(C)O2)cc1. The third-order valence-corrected chi connectivity index (χ3v) is 7.18. The number of anilines is 2. The Hall–Kier alpha value is -2.98. The average molecular weight is 497 g/mol. The van der Waals surface area contributed by atoms with Crippen LogP contribution in [0.4, 0.5) is 11.4 Å². The van der Waals surface area contributed by atoms with Crippen LogP contribution in [0.25, 0.3) is 0 Å². The maximum absolute atomic E-state index is 14.1. The van der Waals surface area contributed by atoms with Crippen LogP contribution in [0, 0.1) is 0 Å². The van der Waals surface area contributed by atoms with Crippen LogP contribution in [0.3, 0.4) is 0 Å². The Morgan fingerprint density at radius 1 is 1.06 bits per heavy atom. The van der Waals surface area contributed by atoms with Crippen molar-refractivity contribution in [3.63, 3.8) is 0 Å². The standard InChI is InChI=1S/C27H32N2O7/c1-16(2)35-27(19-9-7-8-10-20(19)28(5)24(27)31)26(32)22(21-15-34-25(3,4)36-21)29(23(26)30)17-11-13-18(33-6)14-12-17/h7-14,16,21-22,32H,15H2,1-6H3/t21-,22+,26-,27+/m1/s1. The highest BCUT2D eigenvalue weighted by Gasteiger charge is 2.79. The van der Waals surface area contributed by atoms with Crippen molar-refractivity contribution in [2.24, 2.45) is 0 Å². The highest BCUT2D eigenvalue weighted by atomic mass is 16.7.